The van der Waals surface area contributed by atoms with Crippen molar-refractivity contribution >= 4 is 29.3 Å². The Morgan fingerprint density at radius 3 is 2.43 bits per heavy atom. The van der Waals surface area contributed by atoms with Crippen molar-refractivity contribution in [3.63, 3.8) is 0 Å². The average molecular weight is 298 g/mol. The fourth-order valence-corrected chi connectivity index (χ4v) is 3.19. The van der Waals surface area contributed by atoms with Crippen LogP contribution in [0.3, 0.4) is 0 Å². The van der Waals surface area contributed by atoms with Crippen LogP contribution < -0.4 is 5.73 Å². The number of nitrogens with zero attached hydrogens (tertiary/aromatic N) is 1. The highest BCUT2D eigenvalue weighted by atomic mass is 32.2. The van der Waals surface area contributed by atoms with Crippen molar-refractivity contribution in [2.45, 2.75) is 4.90 Å². The Bertz CT molecular complexity index is 701. The van der Waals surface area contributed by atoms with Gasteiger partial charge in [-0.3, -0.25) is 14.5 Å². The molecule has 3 rings (SSSR count). The zero-order chi connectivity index (χ0) is 14.8. The van der Waals surface area contributed by atoms with Crippen LogP contribution in [-0.2, 0) is 0 Å². The standard InChI is InChI=1S/C16H14N2O2S/c17-13-8-4-7-12-14(13)16(20)18(15(12)19)9-10-21-11-5-2-1-3-6-11/h1-8H,9-10,17H2. The van der Waals surface area contributed by atoms with Gasteiger partial charge in [0.1, 0.15) is 0 Å². The number of fused-ring (bicyclic) bond motifs is 1. The molecule has 0 bridgehead atoms. The summed E-state index contributed by atoms with van der Waals surface area (Å²) in [7, 11) is 0. The number of carbonyl (C=O) groups excluding carboxylic acids is 2. The largest absolute Gasteiger partial charge is 0.398 e. The van der Waals surface area contributed by atoms with Crippen LogP contribution in [0.5, 0.6) is 0 Å². The van der Waals surface area contributed by atoms with E-state index in [-0.39, 0.29) is 11.8 Å². The lowest BCUT2D eigenvalue weighted by molar-refractivity contribution is 0.0665. The fourth-order valence-electron chi connectivity index (χ4n) is 2.33. The van der Waals surface area contributed by atoms with E-state index >= 15 is 0 Å². The first-order valence-electron chi connectivity index (χ1n) is 6.61. The number of benzene rings is 2. The Hall–Kier alpha value is -2.27. The summed E-state index contributed by atoms with van der Waals surface area (Å²) in [6.45, 7) is 0.380. The SMILES string of the molecule is Nc1cccc2c1C(=O)N(CCSc1ccccc1)C2=O. The molecule has 0 spiro atoms. The van der Waals surface area contributed by atoms with Crippen LogP contribution in [-0.4, -0.2) is 29.0 Å². The number of hydrogen-bond acceptors (Lipinski definition) is 4. The molecule has 2 N–H and O–H groups in total. The number of imide groups is 1. The van der Waals surface area contributed by atoms with Crippen molar-refractivity contribution in [1.29, 1.82) is 0 Å². The van der Waals surface area contributed by atoms with Crippen molar-refractivity contribution in [3.05, 3.63) is 59.7 Å². The summed E-state index contributed by atoms with van der Waals surface area (Å²) < 4.78 is 0. The smallest absolute Gasteiger partial charge is 0.263 e. The Balaban J connectivity index is 1.70. The molecule has 1 aliphatic rings. The fraction of sp³-hybridized carbons (Fsp3) is 0.125. The highest BCUT2D eigenvalue weighted by Gasteiger charge is 2.36. The topological polar surface area (TPSA) is 63.4 Å². The van der Waals surface area contributed by atoms with E-state index in [0.29, 0.717) is 29.1 Å². The lowest BCUT2D eigenvalue weighted by Crippen LogP contribution is -2.31. The van der Waals surface area contributed by atoms with Gasteiger partial charge in [-0.1, -0.05) is 24.3 Å². The van der Waals surface area contributed by atoms with E-state index in [2.05, 4.69) is 0 Å². The number of amides is 2. The molecular weight excluding hydrogens is 284 g/mol. The molecule has 2 aromatic rings. The van der Waals surface area contributed by atoms with Crippen molar-refractivity contribution in [1.82, 2.24) is 4.90 Å². The van der Waals surface area contributed by atoms with Gasteiger partial charge in [-0.05, 0) is 24.3 Å². The van der Waals surface area contributed by atoms with Crippen LogP contribution in [0, 0.1) is 0 Å². The van der Waals surface area contributed by atoms with Crippen LogP contribution in [0.4, 0.5) is 5.69 Å². The molecule has 0 radical (unpaired) electrons. The quantitative estimate of drug-likeness (QED) is 0.535. The maximum absolute atomic E-state index is 12.3. The molecule has 1 aliphatic heterocycles. The Morgan fingerprint density at radius 2 is 1.71 bits per heavy atom. The molecule has 2 amide bonds. The first-order valence-corrected chi connectivity index (χ1v) is 7.59. The van der Waals surface area contributed by atoms with Crippen molar-refractivity contribution < 1.29 is 9.59 Å². The van der Waals surface area contributed by atoms with Gasteiger partial charge in [-0.15, -0.1) is 11.8 Å². The lowest BCUT2D eigenvalue weighted by Gasteiger charge is -2.13. The number of carbonyl (C=O) groups is 2. The molecule has 0 atom stereocenters. The summed E-state index contributed by atoms with van der Waals surface area (Å²) in [5, 5.41) is 0. The Kier molecular flexibility index (Phi) is 3.66. The minimum atomic E-state index is -0.290. The van der Waals surface area contributed by atoms with E-state index in [1.54, 1.807) is 30.0 Å². The zero-order valence-corrected chi connectivity index (χ0v) is 12.1. The second-order valence-corrected chi connectivity index (χ2v) is 5.86. The monoisotopic (exact) mass is 298 g/mol. The molecule has 0 aromatic heterocycles. The van der Waals surface area contributed by atoms with E-state index in [4.69, 9.17) is 5.73 Å². The second-order valence-electron chi connectivity index (χ2n) is 4.69. The lowest BCUT2D eigenvalue weighted by atomic mass is 10.1. The second kappa shape index (κ2) is 5.61. The van der Waals surface area contributed by atoms with E-state index < -0.39 is 0 Å². The molecule has 2 aromatic carbocycles. The Labute approximate surface area is 126 Å². The molecule has 0 saturated heterocycles. The van der Waals surface area contributed by atoms with E-state index in [1.165, 1.54) is 4.90 Å². The summed E-state index contributed by atoms with van der Waals surface area (Å²) in [5.74, 6) is 0.118. The van der Waals surface area contributed by atoms with Crippen LogP contribution in [0.15, 0.2) is 53.4 Å². The summed E-state index contributed by atoms with van der Waals surface area (Å²) in [4.78, 5) is 26.9. The molecule has 1 heterocycles. The van der Waals surface area contributed by atoms with Crippen molar-refractivity contribution in [2.24, 2.45) is 0 Å². The van der Waals surface area contributed by atoms with E-state index in [0.717, 1.165) is 4.90 Å². The highest BCUT2D eigenvalue weighted by Crippen LogP contribution is 2.28. The molecule has 0 unspecified atom stereocenters. The third-order valence-electron chi connectivity index (χ3n) is 3.36. The van der Waals surface area contributed by atoms with Crippen LogP contribution in [0.25, 0.3) is 0 Å². The summed E-state index contributed by atoms with van der Waals surface area (Å²) in [5.41, 5.74) is 6.91. The van der Waals surface area contributed by atoms with Gasteiger partial charge < -0.3 is 5.73 Å². The Morgan fingerprint density at radius 1 is 0.952 bits per heavy atom. The molecule has 21 heavy (non-hydrogen) atoms. The molecular formula is C16H14N2O2S. The number of nitrogens with two attached hydrogens (primary N) is 1. The van der Waals surface area contributed by atoms with Gasteiger partial charge >= 0.3 is 0 Å². The minimum absolute atomic E-state index is 0.254. The van der Waals surface area contributed by atoms with E-state index in [9.17, 15) is 9.59 Å². The molecule has 0 fully saturated rings. The van der Waals surface area contributed by atoms with Gasteiger partial charge in [-0.25, -0.2) is 0 Å². The predicted octanol–water partition coefficient (Wildman–Crippen LogP) is 2.66. The normalized spacial score (nSPS) is 13.6. The third kappa shape index (κ3) is 2.52. The van der Waals surface area contributed by atoms with Crippen LogP contribution in [0.1, 0.15) is 20.7 Å². The van der Waals surface area contributed by atoms with Gasteiger partial charge in [0.2, 0.25) is 0 Å². The van der Waals surface area contributed by atoms with Crippen LogP contribution in [0.2, 0.25) is 0 Å². The first-order chi connectivity index (χ1) is 10.2. The molecule has 4 nitrogen and oxygen atoms in total. The maximum Gasteiger partial charge on any atom is 0.263 e. The number of anilines is 1. The maximum atomic E-state index is 12.3. The van der Waals surface area contributed by atoms with E-state index in [1.807, 2.05) is 30.3 Å². The summed E-state index contributed by atoms with van der Waals surface area (Å²) in [6, 6.07) is 14.9. The third-order valence-corrected chi connectivity index (χ3v) is 4.35. The number of rotatable bonds is 4. The summed E-state index contributed by atoms with van der Waals surface area (Å²) >= 11 is 1.62. The van der Waals surface area contributed by atoms with Gasteiger partial charge in [0.15, 0.2) is 0 Å². The number of hydrogen-bond donors (Lipinski definition) is 1. The van der Waals surface area contributed by atoms with Crippen molar-refractivity contribution in [2.75, 3.05) is 18.0 Å². The average Bonchev–Trinajstić information content (AvgIpc) is 2.74. The van der Waals surface area contributed by atoms with Gasteiger partial charge in [0, 0.05) is 22.9 Å². The minimum Gasteiger partial charge on any atom is -0.398 e. The van der Waals surface area contributed by atoms with Gasteiger partial charge in [-0.2, -0.15) is 0 Å². The highest BCUT2D eigenvalue weighted by molar-refractivity contribution is 7.99. The zero-order valence-electron chi connectivity index (χ0n) is 11.3. The molecule has 5 heteroatoms. The molecule has 0 saturated carbocycles. The molecule has 106 valence electrons. The van der Waals surface area contributed by atoms with Crippen molar-refractivity contribution in [3.8, 4) is 0 Å². The first kappa shape index (κ1) is 13.7. The molecule has 0 aliphatic carbocycles. The predicted molar refractivity (Wildman–Crippen MR) is 83.4 cm³/mol. The van der Waals surface area contributed by atoms with Gasteiger partial charge in [0.25, 0.3) is 11.8 Å². The van der Waals surface area contributed by atoms with Gasteiger partial charge in [0.05, 0.1) is 11.1 Å². The number of thioether (sulfide) groups is 1. The number of nitrogen functional groups attached to an aromatic ring is 1. The summed E-state index contributed by atoms with van der Waals surface area (Å²) in [6.07, 6.45) is 0. The van der Waals surface area contributed by atoms with Crippen LogP contribution >= 0.6 is 11.8 Å².